The first kappa shape index (κ1) is 12.2. The summed E-state index contributed by atoms with van der Waals surface area (Å²) in [6.45, 7) is 6.47. The van der Waals surface area contributed by atoms with Gasteiger partial charge in [-0.05, 0) is 31.4 Å². The van der Waals surface area contributed by atoms with Crippen molar-refractivity contribution in [1.82, 2.24) is 0 Å². The average molecular weight is 208 g/mol. The van der Waals surface area contributed by atoms with Crippen LogP contribution in [0.1, 0.15) is 37.5 Å². The highest BCUT2D eigenvalue weighted by atomic mass is 16.5. The van der Waals surface area contributed by atoms with Gasteiger partial charge in [-0.25, -0.2) is 0 Å². The van der Waals surface area contributed by atoms with Gasteiger partial charge in [-0.15, -0.1) is 0 Å². The third kappa shape index (κ3) is 3.65. The SMILES string of the molecule is CCC(C)OCC(O)c1ccccc1C. The molecule has 0 aromatic heterocycles. The molecule has 0 heterocycles. The zero-order chi connectivity index (χ0) is 11.3. The van der Waals surface area contributed by atoms with Crippen LogP contribution in [0.2, 0.25) is 0 Å². The summed E-state index contributed by atoms with van der Waals surface area (Å²) in [5, 5.41) is 9.92. The molecular formula is C13H20O2. The van der Waals surface area contributed by atoms with Crippen LogP contribution in [0, 0.1) is 6.92 Å². The Balaban J connectivity index is 2.54. The number of aliphatic hydroxyl groups is 1. The van der Waals surface area contributed by atoms with Gasteiger partial charge in [-0.1, -0.05) is 31.2 Å². The number of ether oxygens (including phenoxy) is 1. The Kier molecular flexibility index (Phi) is 4.79. The van der Waals surface area contributed by atoms with Crippen LogP contribution in [0.15, 0.2) is 24.3 Å². The number of rotatable bonds is 5. The van der Waals surface area contributed by atoms with E-state index >= 15 is 0 Å². The lowest BCUT2D eigenvalue weighted by Gasteiger charge is -2.16. The molecule has 0 saturated heterocycles. The van der Waals surface area contributed by atoms with Crippen LogP contribution in [0.25, 0.3) is 0 Å². The zero-order valence-corrected chi connectivity index (χ0v) is 9.73. The molecule has 1 aromatic carbocycles. The monoisotopic (exact) mass is 208 g/mol. The first-order chi connectivity index (χ1) is 7.15. The van der Waals surface area contributed by atoms with Gasteiger partial charge < -0.3 is 9.84 Å². The van der Waals surface area contributed by atoms with Crippen molar-refractivity contribution in [1.29, 1.82) is 0 Å². The molecule has 1 rings (SSSR count). The Morgan fingerprint density at radius 3 is 2.60 bits per heavy atom. The Hall–Kier alpha value is -0.860. The number of hydrogen-bond acceptors (Lipinski definition) is 2. The Labute approximate surface area is 91.9 Å². The molecule has 1 aromatic rings. The van der Waals surface area contributed by atoms with Crippen LogP contribution in [0.4, 0.5) is 0 Å². The fourth-order valence-electron chi connectivity index (χ4n) is 1.42. The molecule has 0 radical (unpaired) electrons. The summed E-state index contributed by atoms with van der Waals surface area (Å²) in [6.07, 6.45) is 0.671. The van der Waals surface area contributed by atoms with E-state index in [0.29, 0.717) is 6.61 Å². The highest BCUT2D eigenvalue weighted by Gasteiger charge is 2.11. The minimum atomic E-state index is -0.514. The normalized spacial score (nSPS) is 14.9. The summed E-state index contributed by atoms with van der Waals surface area (Å²) in [7, 11) is 0. The van der Waals surface area contributed by atoms with E-state index in [1.807, 2.05) is 38.1 Å². The summed E-state index contributed by atoms with van der Waals surface area (Å²) in [4.78, 5) is 0. The highest BCUT2D eigenvalue weighted by molar-refractivity contribution is 5.27. The fraction of sp³-hybridized carbons (Fsp3) is 0.538. The summed E-state index contributed by atoms with van der Waals surface area (Å²) in [6, 6.07) is 7.86. The van der Waals surface area contributed by atoms with Crippen molar-refractivity contribution in [2.24, 2.45) is 0 Å². The van der Waals surface area contributed by atoms with E-state index in [2.05, 4.69) is 6.92 Å². The minimum Gasteiger partial charge on any atom is -0.386 e. The van der Waals surface area contributed by atoms with Crippen molar-refractivity contribution in [3.63, 3.8) is 0 Å². The van der Waals surface area contributed by atoms with E-state index in [1.165, 1.54) is 0 Å². The average Bonchev–Trinajstić information content (AvgIpc) is 2.26. The van der Waals surface area contributed by atoms with E-state index in [9.17, 15) is 5.11 Å². The molecule has 0 saturated carbocycles. The molecular weight excluding hydrogens is 188 g/mol. The maximum Gasteiger partial charge on any atom is 0.103 e. The van der Waals surface area contributed by atoms with Gasteiger partial charge >= 0.3 is 0 Å². The van der Waals surface area contributed by atoms with Gasteiger partial charge in [0.15, 0.2) is 0 Å². The van der Waals surface area contributed by atoms with Crippen molar-refractivity contribution < 1.29 is 9.84 Å². The Morgan fingerprint density at radius 1 is 1.33 bits per heavy atom. The molecule has 0 spiro atoms. The van der Waals surface area contributed by atoms with E-state index in [-0.39, 0.29) is 6.10 Å². The predicted molar refractivity (Wildman–Crippen MR) is 61.8 cm³/mol. The van der Waals surface area contributed by atoms with Gasteiger partial charge in [0.25, 0.3) is 0 Å². The van der Waals surface area contributed by atoms with Crippen molar-refractivity contribution in [2.75, 3.05) is 6.61 Å². The van der Waals surface area contributed by atoms with Crippen LogP contribution < -0.4 is 0 Å². The number of aryl methyl sites for hydroxylation is 1. The molecule has 0 aliphatic heterocycles. The van der Waals surface area contributed by atoms with Gasteiger partial charge in [0.1, 0.15) is 6.10 Å². The van der Waals surface area contributed by atoms with Crippen LogP contribution >= 0.6 is 0 Å². The van der Waals surface area contributed by atoms with Gasteiger partial charge in [0.05, 0.1) is 12.7 Å². The van der Waals surface area contributed by atoms with E-state index in [4.69, 9.17) is 4.74 Å². The largest absolute Gasteiger partial charge is 0.386 e. The Morgan fingerprint density at radius 2 is 2.00 bits per heavy atom. The van der Waals surface area contributed by atoms with Crippen molar-refractivity contribution in [3.8, 4) is 0 Å². The molecule has 15 heavy (non-hydrogen) atoms. The minimum absolute atomic E-state index is 0.212. The third-order valence-corrected chi connectivity index (χ3v) is 2.66. The first-order valence-electron chi connectivity index (χ1n) is 5.50. The topological polar surface area (TPSA) is 29.5 Å². The number of aliphatic hydroxyl groups excluding tert-OH is 1. The number of benzene rings is 1. The predicted octanol–water partition coefficient (Wildman–Crippen LogP) is 2.84. The molecule has 2 unspecified atom stereocenters. The summed E-state index contributed by atoms with van der Waals surface area (Å²) in [5.41, 5.74) is 2.07. The quantitative estimate of drug-likeness (QED) is 0.806. The van der Waals surface area contributed by atoms with Crippen molar-refractivity contribution in [2.45, 2.75) is 39.4 Å². The highest BCUT2D eigenvalue weighted by Crippen LogP contribution is 2.17. The molecule has 2 heteroatoms. The van der Waals surface area contributed by atoms with Gasteiger partial charge in [0.2, 0.25) is 0 Å². The first-order valence-corrected chi connectivity index (χ1v) is 5.50. The number of hydrogen-bond donors (Lipinski definition) is 1. The van der Waals surface area contributed by atoms with Crippen LogP contribution in [-0.4, -0.2) is 17.8 Å². The van der Waals surface area contributed by atoms with Crippen LogP contribution in [-0.2, 0) is 4.74 Å². The maximum absolute atomic E-state index is 9.92. The van der Waals surface area contributed by atoms with Crippen LogP contribution in [0.3, 0.4) is 0 Å². The lowest BCUT2D eigenvalue weighted by atomic mass is 10.0. The van der Waals surface area contributed by atoms with Gasteiger partial charge in [0, 0.05) is 0 Å². The molecule has 0 fully saturated rings. The molecule has 2 atom stereocenters. The molecule has 0 aliphatic rings. The molecule has 2 nitrogen and oxygen atoms in total. The maximum atomic E-state index is 9.92. The zero-order valence-electron chi connectivity index (χ0n) is 9.73. The summed E-state index contributed by atoms with van der Waals surface area (Å²) in [5.74, 6) is 0. The van der Waals surface area contributed by atoms with E-state index in [1.54, 1.807) is 0 Å². The van der Waals surface area contributed by atoms with Crippen molar-refractivity contribution >= 4 is 0 Å². The molecule has 1 N–H and O–H groups in total. The molecule has 0 aliphatic carbocycles. The molecule has 84 valence electrons. The lowest BCUT2D eigenvalue weighted by Crippen LogP contribution is -2.14. The van der Waals surface area contributed by atoms with Gasteiger partial charge in [-0.2, -0.15) is 0 Å². The third-order valence-electron chi connectivity index (χ3n) is 2.66. The standard InChI is InChI=1S/C13H20O2/c1-4-11(3)15-9-13(14)12-8-6-5-7-10(12)2/h5-8,11,13-14H,4,9H2,1-3H3. The molecule has 0 amide bonds. The smallest absolute Gasteiger partial charge is 0.103 e. The van der Waals surface area contributed by atoms with Gasteiger partial charge in [-0.3, -0.25) is 0 Å². The van der Waals surface area contributed by atoms with E-state index in [0.717, 1.165) is 17.5 Å². The second kappa shape index (κ2) is 5.89. The lowest BCUT2D eigenvalue weighted by molar-refractivity contribution is -0.00396. The second-order valence-corrected chi connectivity index (χ2v) is 3.92. The summed E-state index contributed by atoms with van der Waals surface area (Å²) >= 11 is 0. The summed E-state index contributed by atoms with van der Waals surface area (Å²) < 4.78 is 5.51. The fourth-order valence-corrected chi connectivity index (χ4v) is 1.42. The second-order valence-electron chi connectivity index (χ2n) is 3.92. The molecule has 0 bridgehead atoms. The van der Waals surface area contributed by atoms with Crippen LogP contribution in [0.5, 0.6) is 0 Å². The van der Waals surface area contributed by atoms with E-state index < -0.39 is 6.10 Å². The van der Waals surface area contributed by atoms with Crippen molar-refractivity contribution in [3.05, 3.63) is 35.4 Å². The Bertz CT molecular complexity index is 296.